The quantitative estimate of drug-likeness (QED) is 0.795. The van der Waals surface area contributed by atoms with E-state index in [4.69, 9.17) is 4.74 Å². The summed E-state index contributed by atoms with van der Waals surface area (Å²) in [5, 5.41) is 0. The summed E-state index contributed by atoms with van der Waals surface area (Å²) in [6, 6.07) is 8.20. The lowest BCUT2D eigenvalue weighted by molar-refractivity contribution is 0.285. The summed E-state index contributed by atoms with van der Waals surface area (Å²) in [4.78, 5) is 8.55. The van der Waals surface area contributed by atoms with E-state index in [1.165, 1.54) is 6.07 Å². The van der Waals surface area contributed by atoms with Gasteiger partial charge in [0.2, 0.25) is 5.88 Å². The third-order valence-electron chi connectivity index (χ3n) is 2.54. The van der Waals surface area contributed by atoms with E-state index in [-0.39, 0.29) is 18.3 Å². The monoisotopic (exact) mass is 324 g/mol. The molecule has 0 atom stereocenters. The van der Waals surface area contributed by atoms with Crippen LogP contribution in [0.15, 0.2) is 34.9 Å². The Labute approximate surface area is 120 Å². The fourth-order valence-corrected chi connectivity index (χ4v) is 1.89. The molecular formula is C14H14BrFN2O. The van der Waals surface area contributed by atoms with Gasteiger partial charge in [0.15, 0.2) is 0 Å². The smallest absolute Gasteiger partial charge is 0.218 e. The zero-order valence-corrected chi connectivity index (χ0v) is 12.3. The van der Waals surface area contributed by atoms with E-state index >= 15 is 0 Å². The summed E-state index contributed by atoms with van der Waals surface area (Å²) >= 11 is 3.32. The molecule has 19 heavy (non-hydrogen) atoms. The molecule has 1 aromatic carbocycles. The normalized spacial score (nSPS) is 10.8. The molecule has 0 saturated heterocycles. The van der Waals surface area contributed by atoms with Gasteiger partial charge in [-0.05, 0) is 22.0 Å². The second-order valence-corrected chi connectivity index (χ2v) is 5.23. The fourth-order valence-electron chi connectivity index (χ4n) is 1.51. The summed E-state index contributed by atoms with van der Waals surface area (Å²) in [5.41, 5.74) is 0.503. The Kier molecular flexibility index (Phi) is 4.47. The summed E-state index contributed by atoms with van der Waals surface area (Å²) in [7, 11) is 0. The minimum atomic E-state index is -0.278. The van der Waals surface area contributed by atoms with Crippen LogP contribution >= 0.6 is 15.9 Å². The number of aromatic nitrogens is 2. The van der Waals surface area contributed by atoms with Crippen molar-refractivity contribution in [1.82, 2.24) is 9.97 Å². The Morgan fingerprint density at radius 1 is 1.26 bits per heavy atom. The summed E-state index contributed by atoms with van der Waals surface area (Å²) < 4.78 is 19.6. The van der Waals surface area contributed by atoms with Crippen molar-refractivity contribution in [2.24, 2.45) is 0 Å². The second kappa shape index (κ2) is 6.10. The van der Waals surface area contributed by atoms with Crippen molar-refractivity contribution < 1.29 is 9.13 Å². The molecule has 0 unspecified atom stereocenters. The van der Waals surface area contributed by atoms with Gasteiger partial charge >= 0.3 is 0 Å². The molecule has 0 aliphatic carbocycles. The van der Waals surface area contributed by atoms with Gasteiger partial charge in [-0.25, -0.2) is 9.37 Å². The van der Waals surface area contributed by atoms with E-state index in [0.717, 1.165) is 0 Å². The Balaban J connectivity index is 2.14. The van der Waals surface area contributed by atoms with Crippen molar-refractivity contribution in [3.63, 3.8) is 0 Å². The minimum absolute atomic E-state index is 0.146. The van der Waals surface area contributed by atoms with Crippen molar-refractivity contribution in [2.75, 3.05) is 0 Å². The van der Waals surface area contributed by atoms with Gasteiger partial charge in [0.1, 0.15) is 22.9 Å². The number of hydrogen-bond acceptors (Lipinski definition) is 3. The van der Waals surface area contributed by atoms with E-state index in [9.17, 15) is 4.39 Å². The third kappa shape index (κ3) is 3.73. The number of nitrogens with zero attached hydrogens (tertiary/aromatic N) is 2. The first-order valence-corrected chi connectivity index (χ1v) is 6.76. The van der Waals surface area contributed by atoms with E-state index in [2.05, 4.69) is 25.9 Å². The van der Waals surface area contributed by atoms with Crippen LogP contribution in [0.4, 0.5) is 4.39 Å². The average Bonchev–Trinajstić information content (AvgIpc) is 2.37. The van der Waals surface area contributed by atoms with Gasteiger partial charge in [-0.2, -0.15) is 4.98 Å². The largest absolute Gasteiger partial charge is 0.473 e. The van der Waals surface area contributed by atoms with Crippen LogP contribution in [-0.4, -0.2) is 9.97 Å². The van der Waals surface area contributed by atoms with Crippen LogP contribution < -0.4 is 4.74 Å². The van der Waals surface area contributed by atoms with Gasteiger partial charge in [-0.15, -0.1) is 0 Å². The standard InChI is InChI=1S/C14H14BrFN2O/c1-9(2)14-17-12(15)7-13(18-14)19-8-10-5-3-4-6-11(10)16/h3-7,9H,8H2,1-2H3. The molecule has 0 radical (unpaired) electrons. The molecule has 0 fully saturated rings. The first-order valence-electron chi connectivity index (χ1n) is 5.97. The van der Waals surface area contributed by atoms with E-state index in [1.54, 1.807) is 24.3 Å². The highest BCUT2D eigenvalue weighted by Crippen LogP contribution is 2.20. The van der Waals surface area contributed by atoms with Crippen molar-refractivity contribution >= 4 is 15.9 Å². The summed E-state index contributed by atoms with van der Waals surface area (Å²) in [6.45, 7) is 4.15. The van der Waals surface area contributed by atoms with Crippen LogP contribution in [-0.2, 0) is 6.61 Å². The molecule has 0 spiro atoms. The van der Waals surface area contributed by atoms with Gasteiger partial charge < -0.3 is 4.74 Å². The number of benzene rings is 1. The molecule has 0 saturated carbocycles. The van der Waals surface area contributed by atoms with Gasteiger partial charge in [-0.1, -0.05) is 32.0 Å². The van der Waals surface area contributed by atoms with Crippen molar-refractivity contribution in [2.45, 2.75) is 26.4 Å². The zero-order chi connectivity index (χ0) is 13.8. The van der Waals surface area contributed by atoms with Gasteiger partial charge in [0.05, 0.1) is 0 Å². The van der Waals surface area contributed by atoms with Crippen LogP contribution in [0.5, 0.6) is 5.88 Å². The molecule has 1 heterocycles. The van der Waals surface area contributed by atoms with Crippen LogP contribution in [0, 0.1) is 5.82 Å². The molecule has 0 amide bonds. The van der Waals surface area contributed by atoms with Crippen molar-refractivity contribution in [3.8, 4) is 5.88 Å². The molecule has 5 heteroatoms. The lowest BCUT2D eigenvalue weighted by Gasteiger charge is -2.09. The molecule has 2 aromatic rings. The van der Waals surface area contributed by atoms with Crippen LogP contribution in [0.2, 0.25) is 0 Å². The molecule has 2 rings (SSSR count). The van der Waals surface area contributed by atoms with Gasteiger partial charge in [0.25, 0.3) is 0 Å². The fraction of sp³-hybridized carbons (Fsp3) is 0.286. The van der Waals surface area contributed by atoms with Crippen molar-refractivity contribution in [3.05, 3.63) is 52.1 Å². The summed E-state index contributed by atoms with van der Waals surface area (Å²) in [6.07, 6.45) is 0. The number of halogens is 2. The van der Waals surface area contributed by atoms with E-state index < -0.39 is 0 Å². The maximum atomic E-state index is 13.5. The Morgan fingerprint density at radius 2 is 2.00 bits per heavy atom. The highest BCUT2D eigenvalue weighted by atomic mass is 79.9. The van der Waals surface area contributed by atoms with E-state index in [0.29, 0.717) is 21.9 Å². The Hall–Kier alpha value is -1.49. The number of hydrogen-bond donors (Lipinski definition) is 0. The first kappa shape index (κ1) is 13.9. The third-order valence-corrected chi connectivity index (χ3v) is 2.94. The predicted octanol–water partition coefficient (Wildman–Crippen LogP) is 4.08. The molecule has 0 bridgehead atoms. The average molecular weight is 325 g/mol. The number of ether oxygens (including phenoxy) is 1. The molecule has 3 nitrogen and oxygen atoms in total. The highest BCUT2D eigenvalue weighted by molar-refractivity contribution is 9.10. The van der Waals surface area contributed by atoms with E-state index in [1.807, 2.05) is 13.8 Å². The minimum Gasteiger partial charge on any atom is -0.473 e. The lowest BCUT2D eigenvalue weighted by atomic mass is 10.2. The highest BCUT2D eigenvalue weighted by Gasteiger charge is 2.08. The Bertz CT molecular complexity index is 575. The first-order chi connectivity index (χ1) is 9.06. The van der Waals surface area contributed by atoms with Gasteiger partial charge in [0, 0.05) is 17.5 Å². The predicted molar refractivity (Wildman–Crippen MR) is 74.6 cm³/mol. The van der Waals surface area contributed by atoms with Crippen LogP contribution in [0.3, 0.4) is 0 Å². The maximum absolute atomic E-state index is 13.5. The summed E-state index contributed by atoms with van der Waals surface area (Å²) in [5.74, 6) is 1.06. The Morgan fingerprint density at radius 3 is 2.68 bits per heavy atom. The number of rotatable bonds is 4. The molecule has 0 N–H and O–H groups in total. The molecule has 100 valence electrons. The topological polar surface area (TPSA) is 35.0 Å². The zero-order valence-electron chi connectivity index (χ0n) is 10.7. The van der Waals surface area contributed by atoms with Gasteiger partial charge in [-0.3, -0.25) is 0 Å². The second-order valence-electron chi connectivity index (χ2n) is 4.42. The lowest BCUT2D eigenvalue weighted by Crippen LogP contribution is -2.04. The molecule has 0 aliphatic heterocycles. The van der Waals surface area contributed by atoms with Crippen LogP contribution in [0.1, 0.15) is 31.2 Å². The molecular weight excluding hydrogens is 311 g/mol. The molecule has 1 aromatic heterocycles. The maximum Gasteiger partial charge on any atom is 0.218 e. The van der Waals surface area contributed by atoms with Crippen LogP contribution in [0.25, 0.3) is 0 Å². The van der Waals surface area contributed by atoms with Crippen molar-refractivity contribution in [1.29, 1.82) is 0 Å². The molecule has 0 aliphatic rings. The SMILES string of the molecule is CC(C)c1nc(Br)cc(OCc2ccccc2F)n1.